The highest BCUT2D eigenvalue weighted by molar-refractivity contribution is 5.72. The molecule has 2 unspecified atom stereocenters. The molecule has 0 saturated heterocycles. The topological polar surface area (TPSA) is 99.1 Å². The Hall–Kier alpha value is -3.49. The number of quaternary nitrogens is 1. The summed E-state index contributed by atoms with van der Waals surface area (Å²) < 4.78 is 17.2. The van der Waals surface area contributed by atoms with Gasteiger partial charge < -0.3 is 23.8 Å². The van der Waals surface area contributed by atoms with Gasteiger partial charge in [-0.1, -0.05) is 144 Å². The van der Waals surface area contributed by atoms with Crippen molar-refractivity contribution in [2.75, 3.05) is 41.0 Å². The van der Waals surface area contributed by atoms with Crippen LogP contribution in [0, 0.1) is 0 Å². The normalized spacial score (nSPS) is 13.8. The fraction of sp³-hybridized carbons (Fsp3) is 0.638. The minimum Gasteiger partial charge on any atom is -0.477 e. The molecule has 8 nitrogen and oxygen atoms in total. The van der Waals surface area contributed by atoms with Gasteiger partial charge in [0.25, 0.3) is 0 Å². The van der Waals surface area contributed by atoms with Crippen LogP contribution in [-0.4, -0.2) is 80.6 Å². The minimum atomic E-state index is -0.886. The predicted octanol–water partition coefficient (Wildman–Crippen LogP) is 11.4. The highest BCUT2D eigenvalue weighted by Crippen LogP contribution is 2.13. The van der Waals surface area contributed by atoms with Crippen molar-refractivity contribution in [3.05, 3.63) is 85.1 Å². The molecule has 0 spiro atoms. The Labute approximate surface area is 335 Å². The van der Waals surface area contributed by atoms with E-state index in [0.717, 1.165) is 96.3 Å². The zero-order valence-corrected chi connectivity index (χ0v) is 35.3. The van der Waals surface area contributed by atoms with Gasteiger partial charge in [0.15, 0.2) is 12.1 Å². The molecule has 0 fully saturated rings. The number of ether oxygens (including phenoxy) is 3. The lowest BCUT2D eigenvalue weighted by atomic mass is 10.1. The maximum atomic E-state index is 12.7. The van der Waals surface area contributed by atoms with Crippen LogP contribution in [0.5, 0.6) is 0 Å². The minimum absolute atomic E-state index is 0.0424. The van der Waals surface area contributed by atoms with Crippen LogP contribution in [0.1, 0.15) is 142 Å². The quantitative estimate of drug-likeness (QED) is 0.0223. The standard InChI is InChI=1S/C47H77NO7/c1-6-8-10-12-14-16-18-20-22-24-26-28-30-32-34-36-38-46(50)55-43(41-53-40-39-44(47(51)52)48(3,4)5)42-54-45(49)37-35-33-31-29-27-25-23-21-19-17-15-13-11-9-7-2/h8-11,13-17,19-23,43-44H,6-7,12,18,24-42H2,1-5H3/p+1/b10-8+,11-9+,15-13+,16-14+,19-17+,22-20+,23-21+. The van der Waals surface area contributed by atoms with Crippen LogP contribution in [0.4, 0.5) is 0 Å². The predicted molar refractivity (Wildman–Crippen MR) is 229 cm³/mol. The van der Waals surface area contributed by atoms with E-state index >= 15 is 0 Å². The Morgan fingerprint density at radius 1 is 0.564 bits per heavy atom. The lowest BCUT2D eigenvalue weighted by Crippen LogP contribution is -2.50. The Morgan fingerprint density at radius 2 is 1.05 bits per heavy atom. The van der Waals surface area contributed by atoms with E-state index < -0.39 is 18.1 Å². The van der Waals surface area contributed by atoms with Crippen molar-refractivity contribution in [3.8, 4) is 0 Å². The molecule has 0 bridgehead atoms. The molecule has 2 atom stereocenters. The van der Waals surface area contributed by atoms with Gasteiger partial charge in [0.2, 0.25) is 0 Å². The molecule has 0 aromatic rings. The summed E-state index contributed by atoms with van der Waals surface area (Å²) in [7, 11) is 5.50. The molecule has 0 aromatic heterocycles. The second kappa shape index (κ2) is 37.4. The molecule has 0 radical (unpaired) electrons. The first-order valence-corrected chi connectivity index (χ1v) is 21.2. The molecule has 0 aliphatic carbocycles. The van der Waals surface area contributed by atoms with E-state index in [1.807, 2.05) is 51.5 Å². The van der Waals surface area contributed by atoms with Gasteiger partial charge in [0.05, 0.1) is 34.4 Å². The molecule has 0 aromatic carbocycles. The Balaban J connectivity index is 4.45. The van der Waals surface area contributed by atoms with Crippen LogP contribution in [0.15, 0.2) is 85.1 Å². The summed E-state index contributed by atoms with van der Waals surface area (Å²) in [6.45, 7) is 4.42. The average Bonchev–Trinajstić information content (AvgIpc) is 3.14. The Bertz CT molecular complexity index is 1170. The van der Waals surface area contributed by atoms with Crippen LogP contribution in [-0.2, 0) is 28.6 Å². The number of esters is 2. The maximum absolute atomic E-state index is 12.7. The van der Waals surface area contributed by atoms with Crippen molar-refractivity contribution in [2.45, 2.75) is 154 Å². The molecular formula is C47H78NO7+. The second-order valence-electron chi connectivity index (χ2n) is 14.9. The molecule has 55 heavy (non-hydrogen) atoms. The van der Waals surface area contributed by atoms with Gasteiger partial charge in [0.1, 0.15) is 6.61 Å². The van der Waals surface area contributed by atoms with Crippen molar-refractivity contribution in [3.63, 3.8) is 0 Å². The number of carboxylic acids is 1. The van der Waals surface area contributed by atoms with Crippen molar-refractivity contribution in [1.82, 2.24) is 0 Å². The van der Waals surface area contributed by atoms with Gasteiger partial charge in [-0.3, -0.25) is 9.59 Å². The monoisotopic (exact) mass is 769 g/mol. The zero-order chi connectivity index (χ0) is 40.7. The molecule has 312 valence electrons. The summed E-state index contributed by atoms with van der Waals surface area (Å²) in [5.74, 6) is -1.53. The number of rotatable bonds is 36. The number of carbonyl (C=O) groups excluding carboxylic acids is 2. The number of aliphatic carboxylic acids is 1. The molecule has 0 amide bonds. The highest BCUT2D eigenvalue weighted by Gasteiger charge is 2.31. The number of allylic oxidation sites excluding steroid dienone is 14. The summed E-state index contributed by atoms with van der Waals surface area (Å²) in [5, 5.41) is 9.61. The van der Waals surface area contributed by atoms with E-state index in [2.05, 4.69) is 68.5 Å². The number of likely N-dealkylation sites (N-methyl/N-ethyl adjacent to an activating group) is 1. The molecule has 1 N–H and O–H groups in total. The molecule has 0 saturated carbocycles. The summed E-state index contributed by atoms with van der Waals surface area (Å²) in [5.41, 5.74) is 0. The van der Waals surface area contributed by atoms with Gasteiger partial charge in [0, 0.05) is 19.3 Å². The van der Waals surface area contributed by atoms with E-state index in [4.69, 9.17) is 14.2 Å². The van der Waals surface area contributed by atoms with Crippen molar-refractivity contribution in [1.29, 1.82) is 0 Å². The molecule has 0 heterocycles. The number of hydrogen-bond acceptors (Lipinski definition) is 6. The summed E-state index contributed by atoms with van der Waals surface area (Å²) in [6, 6.07) is -0.625. The van der Waals surface area contributed by atoms with Crippen LogP contribution < -0.4 is 0 Å². The second-order valence-corrected chi connectivity index (χ2v) is 14.9. The van der Waals surface area contributed by atoms with Crippen LogP contribution in [0.3, 0.4) is 0 Å². The number of carbonyl (C=O) groups is 3. The average molecular weight is 769 g/mol. The van der Waals surface area contributed by atoms with Crippen molar-refractivity contribution >= 4 is 17.9 Å². The molecular weight excluding hydrogens is 691 g/mol. The number of nitrogens with zero attached hydrogens (tertiary/aromatic N) is 1. The van der Waals surface area contributed by atoms with Crippen LogP contribution >= 0.6 is 0 Å². The molecule has 0 rings (SSSR count). The van der Waals surface area contributed by atoms with Gasteiger partial charge in [-0.25, -0.2) is 4.79 Å². The maximum Gasteiger partial charge on any atom is 0.362 e. The first-order chi connectivity index (χ1) is 26.6. The van der Waals surface area contributed by atoms with E-state index in [9.17, 15) is 19.5 Å². The third-order valence-corrected chi connectivity index (χ3v) is 8.88. The smallest absolute Gasteiger partial charge is 0.362 e. The molecule has 8 heteroatoms. The molecule has 0 aliphatic rings. The summed E-state index contributed by atoms with van der Waals surface area (Å²) in [4.78, 5) is 36.9. The Morgan fingerprint density at radius 3 is 1.64 bits per heavy atom. The number of hydrogen-bond donors (Lipinski definition) is 1. The number of carboxylic acid groups (broad SMARTS) is 1. The largest absolute Gasteiger partial charge is 0.477 e. The lowest BCUT2D eigenvalue weighted by Gasteiger charge is -2.31. The van der Waals surface area contributed by atoms with E-state index in [0.29, 0.717) is 19.3 Å². The van der Waals surface area contributed by atoms with Gasteiger partial charge in [-0.15, -0.1) is 0 Å². The zero-order valence-electron chi connectivity index (χ0n) is 35.3. The van der Waals surface area contributed by atoms with Crippen LogP contribution in [0.25, 0.3) is 0 Å². The van der Waals surface area contributed by atoms with E-state index in [1.54, 1.807) is 0 Å². The molecule has 0 aliphatic heterocycles. The van der Waals surface area contributed by atoms with E-state index in [-0.39, 0.29) is 36.2 Å². The fourth-order valence-corrected chi connectivity index (χ4v) is 5.64. The third-order valence-electron chi connectivity index (χ3n) is 8.88. The van der Waals surface area contributed by atoms with Gasteiger partial charge in [-0.05, 0) is 64.2 Å². The summed E-state index contributed by atoms with van der Waals surface area (Å²) >= 11 is 0. The SMILES string of the molecule is CC/C=C/C=C/C=C/C=C/CCCCCCCC(=O)OCC(COCCC(C(=O)O)[N+](C)(C)C)OC(=O)CCCCCCCC/C=C/C/C=C/C/C=C/CC. The van der Waals surface area contributed by atoms with Gasteiger partial charge in [-0.2, -0.15) is 0 Å². The highest BCUT2D eigenvalue weighted by atomic mass is 16.6. The summed E-state index contributed by atoms with van der Waals surface area (Å²) in [6.07, 6.45) is 47.6. The first-order valence-electron chi connectivity index (χ1n) is 21.2. The van der Waals surface area contributed by atoms with Crippen molar-refractivity contribution in [2.24, 2.45) is 0 Å². The van der Waals surface area contributed by atoms with Gasteiger partial charge >= 0.3 is 17.9 Å². The lowest BCUT2D eigenvalue weighted by molar-refractivity contribution is -0.887. The van der Waals surface area contributed by atoms with Crippen molar-refractivity contribution < 1.29 is 38.2 Å². The third kappa shape index (κ3) is 35.9. The van der Waals surface area contributed by atoms with E-state index in [1.165, 1.54) is 12.8 Å². The Kier molecular flexibility index (Phi) is 35.1. The first kappa shape index (κ1) is 51.5. The van der Waals surface area contributed by atoms with Crippen LogP contribution in [0.2, 0.25) is 0 Å². The fourth-order valence-electron chi connectivity index (χ4n) is 5.64. The number of unbranched alkanes of at least 4 members (excludes halogenated alkanes) is 11.